The molecule has 1 fully saturated rings. The first-order chi connectivity index (χ1) is 7.66. The van der Waals surface area contributed by atoms with Crippen LogP contribution < -0.4 is 10.2 Å². The van der Waals surface area contributed by atoms with Gasteiger partial charge in [-0.05, 0) is 19.8 Å². The van der Waals surface area contributed by atoms with Gasteiger partial charge in [0.1, 0.15) is 4.88 Å². The molecular weight excluding hydrogens is 224 g/mol. The van der Waals surface area contributed by atoms with Gasteiger partial charge in [-0.1, -0.05) is 30.6 Å². The second-order valence-electron chi connectivity index (χ2n) is 4.28. The number of nitrogens with one attached hydrogen (secondary N) is 2. The third kappa shape index (κ3) is 2.52. The average molecular weight is 240 g/mol. The van der Waals surface area contributed by atoms with Gasteiger partial charge >= 0.3 is 4.87 Å². The predicted octanol–water partition coefficient (Wildman–Crippen LogP) is 1.81. The molecule has 0 saturated heterocycles. The summed E-state index contributed by atoms with van der Waals surface area (Å²) in [7, 11) is 0. The second kappa shape index (κ2) is 4.82. The van der Waals surface area contributed by atoms with E-state index in [1.807, 2.05) is 0 Å². The summed E-state index contributed by atoms with van der Waals surface area (Å²) in [5, 5.41) is 3.00. The Balaban J connectivity index is 2.02. The molecule has 1 amide bonds. The number of hydrogen-bond acceptors (Lipinski definition) is 3. The van der Waals surface area contributed by atoms with Crippen molar-refractivity contribution in [2.24, 2.45) is 0 Å². The number of amides is 1. The van der Waals surface area contributed by atoms with E-state index in [0.29, 0.717) is 10.6 Å². The molecule has 16 heavy (non-hydrogen) atoms. The lowest BCUT2D eigenvalue weighted by atomic mass is 9.95. The molecule has 1 saturated carbocycles. The van der Waals surface area contributed by atoms with Gasteiger partial charge in [0.2, 0.25) is 0 Å². The summed E-state index contributed by atoms with van der Waals surface area (Å²) in [5.41, 5.74) is 0.670. The van der Waals surface area contributed by atoms with Crippen LogP contribution in [0.3, 0.4) is 0 Å². The van der Waals surface area contributed by atoms with E-state index < -0.39 is 0 Å². The van der Waals surface area contributed by atoms with Crippen LogP contribution in [-0.4, -0.2) is 16.9 Å². The minimum atomic E-state index is -0.161. The number of aromatic nitrogens is 1. The lowest BCUT2D eigenvalue weighted by molar-refractivity contribution is 0.0931. The highest BCUT2D eigenvalue weighted by molar-refractivity contribution is 7.11. The van der Waals surface area contributed by atoms with E-state index in [9.17, 15) is 9.59 Å². The van der Waals surface area contributed by atoms with Gasteiger partial charge in [-0.15, -0.1) is 0 Å². The normalized spacial score (nSPS) is 17.3. The van der Waals surface area contributed by atoms with Crippen molar-refractivity contribution in [3.05, 3.63) is 20.2 Å². The van der Waals surface area contributed by atoms with Crippen LogP contribution >= 0.6 is 11.3 Å². The van der Waals surface area contributed by atoms with Gasteiger partial charge < -0.3 is 10.3 Å². The molecule has 1 heterocycles. The first kappa shape index (κ1) is 11.4. The molecule has 88 valence electrons. The lowest BCUT2D eigenvalue weighted by Crippen LogP contribution is -2.36. The van der Waals surface area contributed by atoms with Crippen molar-refractivity contribution >= 4 is 17.2 Å². The summed E-state index contributed by atoms with van der Waals surface area (Å²) in [4.78, 5) is 26.0. The molecule has 1 aliphatic rings. The van der Waals surface area contributed by atoms with Gasteiger partial charge in [0, 0.05) is 11.7 Å². The Labute approximate surface area is 98.1 Å². The number of aryl methyl sites for hydroxylation is 1. The zero-order chi connectivity index (χ0) is 11.5. The Morgan fingerprint density at radius 1 is 1.38 bits per heavy atom. The number of carbonyl (C=O) groups is 1. The monoisotopic (exact) mass is 240 g/mol. The molecule has 0 aliphatic heterocycles. The smallest absolute Gasteiger partial charge is 0.305 e. The van der Waals surface area contributed by atoms with Crippen LogP contribution in [0, 0.1) is 6.92 Å². The second-order valence-corrected chi connectivity index (χ2v) is 5.26. The number of hydrogen-bond donors (Lipinski definition) is 2. The van der Waals surface area contributed by atoms with Gasteiger partial charge in [-0.2, -0.15) is 0 Å². The molecule has 1 aliphatic carbocycles. The SMILES string of the molecule is Cc1[nH]c(=O)sc1C(=O)NC1CCCCC1. The summed E-state index contributed by atoms with van der Waals surface area (Å²) in [6.45, 7) is 1.76. The van der Waals surface area contributed by atoms with Crippen molar-refractivity contribution < 1.29 is 4.79 Å². The number of thiazole rings is 1. The van der Waals surface area contributed by atoms with Gasteiger partial charge in [0.05, 0.1) is 0 Å². The summed E-state index contributed by atoms with van der Waals surface area (Å²) in [6, 6.07) is 0.290. The Morgan fingerprint density at radius 3 is 2.62 bits per heavy atom. The standard InChI is InChI=1S/C11H16N2O2S/c1-7-9(16-11(15)12-7)10(14)13-8-5-3-2-4-6-8/h8H,2-6H2,1H3,(H,12,15)(H,13,14). The minimum absolute atomic E-state index is 0.104. The van der Waals surface area contributed by atoms with Crippen molar-refractivity contribution in [2.45, 2.75) is 45.1 Å². The minimum Gasteiger partial charge on any atom is -0.349 e. The van der Waals surface area contributed by atoms with Crippen LogP contribution in [0.1, 0.15) is 47.5 Å². The zero-order valence-corrected chi connectivity index (χ0v) is 10.2. The number of rotatable bonds is 2. The largest absolute Gasteiger partial charge is 0.349 e. The lowest BCUT2D eigenvalue weighted by Gasteiger charge is -2.22. The Bertz CT molecular complexity index is 429. The van der Waals surface area contributed by atoms with E-state index in [2.05, 4.69) is 10.3 Å². The molecule has 5 heteroatoms. The maximum atomic E-state index is 11.9. The quantitative estimate of drug-likeness (QED) is 0.828. The molecule has 0 atom stereocenters. The van der Waals surface area contributed by atoms with E-state index in [1.54, 1.807) is 6.92 Å². The van der Waals surface area contributed by atoms with Gasteiger partial charge in [0.15, 0.2) is 0 Å². The van der Waals surface area contributed by atoms with E-state index in [4.69, 9.17) is 0 Å². The van der Waals surface area contributed by atoms with Crippen LogP contribution in [-0.2, 0) is 0 Å². The molecule has 0 spiro atoms. The van der Waals surface area contributed by atoms with Crippen LogP contribution in [0.5, 0.6) is 0 Å². The van der Waals surface area contributed by atoms with Crippen LogP contribution in [0.4, 0.5) is 0 Å². The fourth-order valence-electron chi connectivity index (χ4n) is 2.12. The first-order valence-electron chi connectivity index (χ1n) is 5.67. The molecular formula is C11H16N2O2S. The molecule has 4 nitrogen and oxygen atoms in total. The van der Waals surface area contributed by atoms with E-state index >= 15 is 0 Å². The van der Waals surface area contributed by atoms with Crippen molar-refractivity contribution in [2.75, 3.05) is 0 Å². The summed E-state index contributed by atoms with van der Waals surface area (Å²) >= 11 is 0.988. The fourth-order valence-corrected chi connectivity index (χ4v) is 2.86. The van der Waals surface area contributed by atoms with Crippen molar-refractivity contribution in [1.29, 1.82) is 0 Å². The molecule has 1 aromatic rings. The van der Waals surface area contributed by atoms with E-state index in [1.165, 1.54) is 19.3 Å². The topological polar surface area (TPSA) is 62.0 Å². The third-order valence-electron chi connectivity index (χ3n) is 2.97. The number of H-pyrrole nitrogens is 1. The molecule has 0 radical (unpaired) electrons. The van der Waals surface area contributed by atoms with Crippen molar-refractivity contribution in [1.82, 2.24) is 10.3 Å². The van der Waals surface area contributed by atoms with Crippen LogP contribution in [0.2, 0.25) is 0 Å². The average Bonchev–Trinajstić information content (AvgIpc) is 2.59. The highest BCUT2D eigenvalue weighted by Crippen LogP contribution is 2.18. The summed E-state index contributed by atoms with van der Waals surface area (Å²) in [5.74, 6) is -0.104. The third-order valence-corrected chi connectivity index (χ3v) is 3.95. The van der Waals surface area contributed by atoms with Crippen molar-refractivity contribution in [3.63, 3.8) is 0 Å². The van der Waals surface area contributed by atoms with Crippen LogP contribution in [0.15, 0.2) is 4.79 Å². The molecule has 0 bridgehead atoms. The summed E-state index contributed by atoms with van der Waals surface area (Å²) < 4.78 is 0. The number of aromatic amines is 1. The first-order valence-corrected chi connectivity index (χ1v) is 6.49. The molecule has 2 rings (SSSR count). The van der Waals surface area contributed by atoms with E-state index in [-0.39, 0.29) is 16.8 Å². The van der Waals surface area contributed by atoms with Gasteiger partial charge in [-0.25, -0.2) is 0 Å². The highest BCUT2D eigenvalue weighted by atomic mass is 32.1. The maximum Gasteiger partial charge on any atom is 0.305 e. The van der Waals surface area contributed by atoms with Crippen LogP contribution in [0.25, 0.3) is 0 Å². The maximum absolute atomic E-state index is 11.9. The summed E-state index contributed by atoms with van der Waals surface area (Å²) in [6.07, 6.45) is 5.76. The Kier molecular flexibility index (Phi) is 3.43. The Hall–Kier alpha value is -1.10. The molecule has 0 unspecified atom stereocenters. The van der Waals surface area contributed by atoms with Gasteiger partial charge in [-0.3, -0.25) is 9.59 Å². The fraction of sp³-hybridized carbons (Fsp3) is 0.636. The molecule has 0 aromatic carbocycles. The highest BCUT2D eigenvalue weighted by Gasteiger charge is 2.19. The molecule has 2 N–H and O–H groups in total. The Morgan fingerprint density at radius 2 is 2.06 bits per heavy atom. The molecule has 1 aromatic heterocycles. The van der Waals surface area contributed by atoms with Crippen molar-refractivity contribution in [3.8, 4) is 0 Å². The van der Waals surface area contributed by atoms with E-state index in [0.717, 1.165) is 24.2 Å². The zero-order valence-electron chi connectivity index (χ0n) is 9.34. The van der Waals surface area contributed by atoms with Gasteiger partial charge in [0.25, 0.3) is 5.91 Å². The predicted molar refractivity (Wildman–Crippen MR) is 64.0 cm³/mol. The number of carbonyl (C=O) groups excluding carboxylic acids is 1.